The number of hydrogen-bond acceptors (Lipinski definition) is 2. The van der Waals surface area contributed by atoms with Gasteiger partial charge in [0.1, 0.15) is 5.69 Å². The van der Waals surface area contributed by atoms with Crippen molar-refractivity contribution in [1.29, 1.82) is 0 Å². The van der Waals surface area contributed by atoms with E-state index in [4.69, 9.17) is 5.11 Å². The highest BCUT2D eigenvalue weighted by Crippen LogP contribution is 2.20. The van der Waals surface area contributed by atoms with E-state index < -0.39 is 0 Å². The predicted molar refractivity (Wildman–Crippen MR) is 80.4 cm³/mol. The van der Waals surface area contributed by atoms with Crippen molar-refractivity contribution in [3.63, 3.8) is 0 Å². The van der Waals surface area contributed by atoms with Gasteiger partial charge in [0.05, 0.1) is 0 Å². The van der Waals surface area contributed by atoms with Crippen molar-refractivity contribution in [3.8, 4) is 0 Å². The van der Waals surface area contributed by atoms with Crippen molar-refractivity contribution in [1.82, 2.24) is 9.47 Å². The van der Waals surface area contributed by atoms with Gasteiger partial charge in [0.25, 0.3) is 5.91 Å². The van der Waals surface area contributed by atoms with Crippen molar-refractivity contribution >= 4 is 21.8 Å². The average Bonchev–Trinajstić information content (AvgIpc) is 2.75. The molecule has 0 aliphatic carbocycles. The number of aliphatic hydroxyl groups is 1. The van der Waals surface area contributed by atoms with Crippen LogP contribution in [-0.4, -0.2) is 40.7 Å². The molecule has 1 aromatic rings. The highest BCUT2D eigenvalue weighted by molar-refractivity contribution is 9.10. The first kappa shape index (κ1) is 16.2. The summed E-state index contributed by atoms with van der Waals surface area (Å²) >= 11 is 3.42. The van der Waals surface area contributed by atoms with E-state index in [1.54, 1.807) is 4.90 Å². The van der Waals surface area contributed by atoms with E-state index in [-0.39, 0.29) is 18.6 Å². The number of aliphatic hydroxyl groups excluding tert-OH is 1. The van der Waals surface area contributed by atoms with Crippen LogP contribution in [0.5, 0.6) is 0 Å². The van der Waals surface area contributed by atoms with Crippen molar-refractivity contribution in [3.05, 3.63) is 22.4 Å². The summed E-state index contributed by atoms with van der Waals surface area (Å²) < 4.78 is 2.91. The van der Waals surface area contributed by atoms with Gasteiger partial charge in [0, 0.05) is 36.9 Å². The fraction of sp³-hybridized carbons (Fsp3) is 0.643. The highest BCUT2D eigenvalue weighted by atomic mass is 79.9. The number of halogens is 1. The van der Waals surface area contributed by atoms with Gasteiger partial charge in [-0.1, -0.05) is 0 Å². The van der Waals surface area contributed by atoms with Crippen LogP contribution in [0.25, 0.3) is 0 Å². The number of nitrogens with zero attached hydrogens (tertiary/aromatic N) is 2. The quantitative estimate of drug-likeness (QED) is 0.781. The van der Waals surface area contributed by atoms with Crippen molar-refractivity contribution in [2.45, 2.75) is 39.2 Å². The van der Waals surface area contributed by atoms with Crippen LogP contribution in [0.1, 0.15) is 49.6 Å². The maximum absolute atomic E-state index is 12.4. The molecular formula is C14H23BrN2O2. The first-order chi connectivity index (χ1) is 8.97. The van der Waals surface area contributed by atoms with E-state index in [0.29, 0.717) is 5.69 Å². The largest absolute Gasteiger partial charge is 0.396 e. The van der Waals surface area contributed by atoms with Gasteiger partial charge in [-0.3, -0.25) is 4.79 Å². The lowest BCUT2D eigenvalue weighted by atomic mass is 10.2. The molecular weight excluding hydrogens is 308 g/mol. The molecule has 1 N–H and O–H groups in total. The molecule has 1 amide bonds. The van der Waals surface area contributed by atoms with Gasteiger partial charge in [-0.15, -0.1) is 0 Å². The highest BCUT2D eigenvalue weighted by Gasteiger charge is 2.18. The Balaban J connectivity index is 2.66. The van der Waals surface area contributed by atoms with Gasteiger partial charge in [-0.05, 0) is 55.1 Å². The molecule has 108 valence electrons. The second-order valence-electron chi connectivity index (χ2n) is 5.06. The molecule has 0 atom stereocenters. The van der Waals surface area contributed by atoms with E-state index in [1.165, 1.54) is 0 Å². The maximum atomic E-state index is 12.4. The Morgan fingerprint density at radius 3 is 2.68 bits per heavy atom. The molecule has 0 saturated carbocycles. The van der Waals surface area contributed by atoms with Gasteiger partial charge in [-0.2, -0.15) is 0 Å². The van der Waals surface area contributed by atoms with Crippen LogP contribution in [0.3, 0.4) is 0 Å². The third kappa shape index (κ3) is 4.66. The van der Waals surface area contributed by atoms with Crippen LogP contribution in [0, 0.1) is 0 Å². The number of amides is 1. The molecule has 0 bridgehead atoms. The van der Waals surface area contributed by atoms with E-state index in [1.807, 2.05) is 23.9 Å². The molecule has 5 heteroatoms. The smallest absolute Gasteiger partial charge is 0.270 e. The minimum absolute atomic E-state index is 0.0448. The first-order valence-corrected chi connectivity index (χ1v) is 7.50. The fourth-order valence-electron chi connectivity index (χ4n) is 1.98. The maximum Gasteiger partial charge on any atom is 0.270 e. The van der Waals surface area contributed by atoms with Crippen LogP contribution < -0.4 is 0 Å². The number of carbonyl (C=O) groups is 1. The van der Waals surface area contributed by atoms with Gasteiger partial charge in [-0.25, -0.2) is 0 Å². The number of carbonyl (C=O) groups excluding carboxylic acids is 1. The minimum Gasteiger partial charge on any atom is -0.396 e. The zero-order valence-corrected chi connectivity index (χ0v) is 13.5. The van der Waals surface area contributed by atoms with Crippen LogP contribution in [0.2, 0.25) is 0 Å². The molecule has 0 radical (unpaired) electrons. The van der Waals surface area contributed by atoms with Crippen LogP contribution in [-0.2, 0) is 0 Å². The normalized spacial score (nSPS) is 11.1. The average molecular weight is 331 g/mol. The summed E-state index contributed by atoms with van der Waals surface area (Å²) in [5, 5.41) is 8.73. The SMILES string of the molecule is CC(C)n1cc(Br)cc1C(=O)N(C)CCCCCO. The lowest BCUT2D eigenvalue weighted by Crippen LogP contribution is -2.29. The van der Waals surface area contributed by atoms with Crippen LogP contribution in [0.4, 0.5) is 0 Å². The molecule has 0 aliphatic rings. The predicted octanol–water partition coefficient (Wildman–Crippen LogP) is 3.07. The third-order valence-corrected chi connectivity index (χ3v) is 3.52. The second kappa shape index (κ2) is 7.70. The van der Waals surface area contributed by atoms with Gasteiger partial charge >= 0.3 is 0 Å². The van der Waals surface area contributed by atoms with E-state index >= 15 is 0 Å². The summed E-state index contributed by atoms with van der Waals surface area (Å²) in [5.41, 5.74) is 0.714. The lowest BCUT2D eigenvalue weighted by molar-refractivity contribution is 0.0780. The molecule has 0 spiro atoms. The number of aromatic nitrogens is 1. The minimum atomic E-state index is 0.0448. The number of hydrogen-bond donors (Lipinski definition) is 1. The summed E-state index contributed by atoms with van der Waals surface area (Å²) in [6.07, 6.45) is 4.61. The van der Waals surface area contributed by atoms with Gasteiger partial charge < -0.3 is 14.6 Å². The van der Waals surface area contributed by atoms with Crippen molar-refractivity contribution < 1.29 is 9.90 Å². The summed E-state index contributed by atoms with van der Waals surface area (Å²) in [7, 11) is 1.83. The molecule has 19 heavy (non-hydrogen) atoms. The molecule has 0 saturated heterocycles. The number of rotatable bonds is 7. The van der Waals surface area contributed by atoms with Crippen molar-refractivity contribution in [2.75, 3.05) is 20.2 Å². The van der Waals surface area contributed by atoms with Crippen LogP contribution >= 0.6 is 15.9 Å². The lowest BCUT2D eigenvalue weighted by Gasteiger charge is -2.19. The summed E-state index contributed by atoms with van der Waals surface area (Å²) in [6.45, 7) is 5.06. The Morgan fingerprint density at radius 2 is 2.11 bits per heavy atom. The molecule has 0 unspecified atom stereocenters. The van der Waals surface area contributed by atoms with Crippen LogP contribution in [0.15, 0.2) is 16.7 Å². The van der Waals surface area contributed by atoms with E-state index in [9.17, 15) is 4.79 Å². The molecule has 0 aromatic carbocycles. The van der Waals surface area contributed by atoms with E-state index in [0.717, 1.165) is 30.3 Å². The summed E-state index contributed by atoms with van der Waals surface area (Å²) in [6, 6.07) is 2.13. The Hall–Kier alpha value is -0.810. The summed E-state index contributed by atoms with van der Waals surface area (Å²) in [5.74, 6) is 0.0448. The molecule has 1 aromatic heterocycles. The Labute approximate surface area is 123 Å². The first-order valence-electron chi connectivity index (χ1n) is 6.71. The zero-order valence-electron chi connectivity index (χ0n) is 11.9. The molecule has 4 nitrogen and oxygen atoms in total. The standard InChI is InChI=1S/C14H23BrN2O2/c1-11(2)17-10-12(15)9-13(17)14(19)16(3)7-5-4-6-8-18/h9-11,18H,4-8H2,1-3H3. The topological polar surface area (TPSA) is 45.5 Å². The summed E-state index contributed by atoms with van der Waals surface area (Å²) in [4.78, 5) is 14.1. The molecule has 1 heterocycles. The van der Waals surface area contributed by atoms with E-state index in [2.05, 4.69) is 29.8 Å². The third-order valence-electron chi connectivity index (χ3n) is 3.09. The van der Waals surface area contributed by atoms with Crippen molar-refractivity contribution in [2.24, 2.45) is 0 Å². The monoisotopic (exact) mass is 330 g/mol. The fourth-order valence-corrected chi connectivity index (χ4v) is 2.42. The van der Waals surface area contributed by atoms with Gasteiger partial charge in [0.2, 0.25) is 0 Å². The zero-order chi connectivity index (χ0) is 14.4. The second-order valence-corrected chi connectivity index (χ2v) is 5.97. The Kier molecular flexibility index (Phi) is 6.58. The number of unbranched alkanes of at least 4 members (excludes halogenated alkanes) is 2. The molecule has 0 fully saturated rings. The molecule has 1 rings (SSSR count). The molecule has 0 aliphatic heterocycles. The van der Waals surface area contributed by atoms with Gasteiger partial charge in [0.15, 0.2) is 0 Å². The Bertz CT molecular complexity index is 416. The Morgan fingerprint density at radius 1 is 1.42 bits per heavy atom.